The molecule has 1 aromatic rings. The van der Waals surface area contributed by atoms with Crippen LogP contribution in [0.1, 0.15) is 5.56 Å². The Morgan fingerprint density at radius 3 is 3.00 bits per heavy atom. The Bertz CT molecular complexity index is 406. The second-order valence-corrected chi connectivity index (χ2v) is 5.28. The summed E-state index contributed by atoms with van der Waals surface area (Å²) in [6.07, 6.45) is 0.156. The maximum atomic E-state index is 5.65. The van der Waals surface area contributed by atoms with Crippen molar-refractivity contribution < 1.29 is 9.47 Å². The van der Waals surface area contributed by atoms with Gasteiger partial charge < -0.3 is 15.2 Å². The summed E-state index contributed by atoms with van der Waals surface area (Å²) < 4.78 is 11.9. The largest absolute Gasteiger partial charge is 0.497 e. The van der Waals surface area contributed by atoms with Crippen molar-refractivity contribution in [2.45, 2.75) is 12.6 Å². The monoisotopic (exact) mass is 350 g/mol. The molecule has 6 heteroatoms. The van der Waals surface area contributed by atoms with Crippen LogP contribution in [0.4, 0.5) is 0 Å². The van der Waals surface area contributed by atoms with Crippen molar-refractivity contribution in [1.82, 2.24) is 4.90 Å². The summed E-state index contributed by atoms with van der Waals surface area (Å²) >= 11 is 3.58. The molecule has 0 spiro atoms. The molecule has 2 N–H and O–H groups in total. The van der Waals surface area contributed by atoms with E-state index in [1.54, 1.807) is 7.11 Å². The van der Waals surface area contributed by atoms with Crippen molar-refractivity contribution in [3.63, 3.8) is 0 Å². The van der Waals surface area contributed by atoms with E-state index < -0.39 is 0 Å². The number of nitrogens with two attached hydrogens (primary N) is 1. The van der Waals surface area contributed by atoms with E-state index in [1.807, 2.05) is 12.1 Å². The molecule has 2 rings (SSSR count). The molecule has 1 aliphatic heterocycles. The maximum Gasteiger partial charge on any atom is 0.119 e. The van der Waals surface area contributed by atoms with Gasteiger partial charge in [-0.25, -0.2) is 0 Å². The van der Waals surface area contributed by atoms with E-state index >= 15 is 0 Å². The predicted octanol–water partition coefficient (Wildman–Crippen LogP) is 2.04. The van der Waals surface area contributed by atoms with Gasteiger partial charge in [-0.2, -0.15) is 0 Å². The molecule has 0 amide bonds. The number of halogens is 2. The maximum absolute atomic E-state index is 5.65. The number of rotatable bonds is 4. The number of methoxy groups -OCH3 is 1. The molecule has 0 radical (unpaired) electrons. The smallest absolute Gasteiger partial charge is 0.119 e. The number of benzene rings is 1. The van der Waals surface area contributed by atoms with Gasteiger partial charge in [-0.15, -0.1) is 12.4 Å². The normalized spacial score (nSPS) is 19.8. The van der Waals surface area contributed by atoms with Gasteiger partial charge in [-0.1, -0.05) is 15.9 Å². The molecule has 1 aromatic carbocycles. The number of hydrogen-bond acceptors (Lipinski definition) is 4. The Balaban J connectivity index is 0.00000180. The lowest BCUT2D eigenvalue weighted by molar-refractivity contribution is -0.0261. The van der Waals surface area contributed by atoms with Gasteiger partial charge in [0.25, 0.3) is 0 Å². The second-order valence-electron chi connectivity index (χ2n) is 4.42. The predicted molar refractivity (Wildman–Crippen MR) is 82.0 cm³/mol. The Morgan fingerprint density at radius 1 is 1.53 bits per heavy atom. The first-order valence-electron chi connectivity index (χ1n) is 6.09. The molecule has 1 atom stereocenters. The fourth-order valence-corrected chi connectivity index (χ4v) is 2.48. The van der Waals surface area contributed by atoms with Gasteiger partial charge >= 0.3 is 0 Å². The molecule has 0 aliphatic carbocycles. The topological polar surface area (TPSA) is 47.7 Å². The van der Waals surface area contributed by atoms with Crippen LogP contribution in [0.2, 0.25) is 0 Å². The summed E-state index contributed by atoms with van der Waals surface area (Å²) in [6, 6.07) is 6.04. The zero-order chi connectivity index (χ0) is 13.0. The van der Waals surface area contributed by atoms with Crippen LogP contribution >= 0.6 is 28.3 Å². The van der Waals surface area contributed by atoms with Crippen LogP contribution < -0.4 is 10.5 Å². The SMILES string of the molecule is COc1ccc(Br)c(CN2CCOC(CN)C2)c1.Cl. The first-order valence-corrected chi connectivity index (χ1v) is 6.88. The Morgan fingerprint density at radius 2 is 2.32 bits per heavy atom. The van der Waals surface area contributed by atoms with Gasteiger partial charge in [0, 0.05) is 30.7 Å². The molecule has 1 unspecified atom stereocenters. The standard InChI is InChI=1S/C13H19BrN2O2.ClH/c1-17-11-2-3-13(14)10(6-11)8-16-4-5-18-12(7-15)9-16;/h2-3,6,12H,4-5,7-9,15H2,1H3;1H. The highest BCUT2D eigenvalue weighted by molar-refractivity contribution is 9.10. The Hall–Kier alpha value is -0.330. The van der Waals surface area contributed by atoms with Crippen molar-refractivity contribution >= 4 is 28.3 Å². The van der Waals surface area contributed by atoms with Crippen LogP contribution in [0, 0.1) is 0 Å². The van der Waals surface area contributed by atoms with Crippen LogP contribution in [0.25, 0.3) is 0 Å². The lowest BCUT2D eigenvalue weighted by Gasteiger charge is -2.32. The number of hydrogen-bond donors (Lipinski definition) is 1. The third-order valence-electron chi connectivity index (χ3n) is 3.13. The van der Waals surface area contributed by atoms with Crippen LogP contribution in [0.5, 0.6) is 5.75 Å². The summed E-state index contributed by atoms with van der Waals surface area (Å²) in [5, 5.41) is 0. The van der Waals surface area contributed by atoms with Crippen molar-refractivity contribution in [3.8, 4) is 5.75 Å². The van der Waals surface area contributed by atoms with E-state index in [-0.39, 0.29) is 18.5 Å². The summed E-state index contributed by atoms with van der Waals surface area (Å²) in [5.74, 6) is 0.886. The van der Waals surface area contributed by atoms with Crippen molar-refractivity contribution in [2.75, 3.05) is 33.4 Å². The molecule has 19 heavy (non-hydrogen) atoms. The third kappa shape index (κ3) is 4.61. The van der Waals surface area contributed by atoms with E-state index in [4.69, 9.17) is 15.2 Å². The van der Waals surface area contributed by atoms with Crippen molar-refractivity contribution in [2.24, 2.45) is 5.73 Å². The highest BCUT2D eigenvalue weighted by Crippen LogP contribution is 2.24. The first-order chi connectivity index (χ1) is 8.72. The highest BCUT2D eigenvalue weighted by Gasteiger charge is 2.19. The summed E-state index contributed by atoms with van der Waals surface area (Å²) in [6.45, 7) is 4.05. The average Bonchev–Trinajstić information content (AvgIpc) is 2.41. The number of ether oxygens (including phenoxy) is 2. The molecule has 1 fully saturated rings. The van der Waals surface area contributed by atoms with Crippen LogP contribution in [-0.2, 0) is 11.3 Å². The summed E-state index contributed by atoms with van der Waals surface area (Å²) in [5.41, 5.74) is 6.88. The van der Waals surface area contributed by atoms with E-state index in [0.717, 1.165) is 36.5 Å². The van der Waals surface area contributed by atoms with Crippen molar-refractivity contribution in [3.05, 3.63) is 28.2 Å². The number of nitrogens with zero attached hydrogens (tertiary/aromatic N) is 1. The van der Waals surface area contributed by atoms with E-state index in [0.29, 0.717) is 6.54 Å². The zero-order valence-corrected chi connectivity index (χ0v) is 13.4. The minimum atomic E-state index is 0. The molecule has 108 valence electrons. The van der Waals surface area contributed by atoms with Gasteiger partial charge in [0.05, 0.1) is 19.8 Å². The Labute approximate surface area is 128 Å². The molecule has 0 aromatic heterocycles. The van der Waals surface area contributed by atoms with Crippen molar-refractivity contribution in [1.29, 1.82) is 0 Å². The average molecular weight is 352 g/mol. The molecule has 1 heterocycles. The fourth-order valence-electron chi connectivity index (χ4n) is 2.11. The quantitative estimate of drug-likeness (QED) is 0.902. The van der Waals surface area contributed by atoms with Crippen LogP contribution in [0.15, 0.2) is 22.7 Å². The van der Waals surface area contributed by atoms with Gasteiger partial charge in [0.1, 0.15) is 5.75 Å². The first kappa shape index (κ1) is 16.7. The van der Waals surface area contributed by atoms with Gasteiger partial charge in [0.15, 0.2) is 0 Å². The van der Waals surface area contributed by atoms with E-state index in [1.165, 1.54) is 5.56 Å². The molecular formula is C13H20BrClN2O2. The molecule has 0 bridgehead atoms. The molecule has 1 saturated heterocycles. The lowest BCUT2D eigenvalue weighted by atomic mass is 10.1. The lowest BCUT2D eigenvalue weighted by Crippen LogP contribution is -2.45. The zero-order valence-electron chi connectivity index (χ0n) is 11.0. The van der Waals surface area contributed by atoms with Crippen LogP contribution in [0.3, 0.4) is 0 Å². The third-order valence-corrected chi connectivity index (χ3v) is 3.91. The minimum absolute atomic E-state index is 0. The Kier molecular flexibility index (Phi) is 7.10. The molecule has 1 aliphatic rings. The minimum Gasteiger partial charge on any atom is -0.497 e. The summed E-state index contributed by atoms with van der Waals surface area (Å²) in [7, 11) is 1.69. The molecular weight excluding hydrogens is 332 g/mol. The fraction of sp³-hybridized carbons (Fsp3) is 0.538. The van der Waals surface area contributed by atoms with Gasteiger partial charge in [0.2, 0.25) is 0 Å². The number of morpholine rings is 1. The van der Waals surface area contributed by atoms with Gasteiger partial charge in [-0.05, 0) is 23.8 Å². The van der Waals surface area contributed by atoms with E-state index in [9.17, 15) is 0 Å². The summed E-state index contributed by atoms with van der Waals surface area (Å²) in [4.78, 5) is 2.36. The second kappa shape index (κ2) is 8.07. The van der Waals surface area contributed by atoms with Gasteiger partial charge in [-0.3, -0.25) is 4.90 Å². The van der Waals surface area contributed by atoms with Crippen LogP contribution in [-0.4, -0.2) is 44.4 Å². The molecule has 0 saturated carbocycles. The van der Waals surface area contributed by atoms with E-state index in [2.05, 4.69) is 26.9 Å². The molecule has 4 nitrogen and oxygen atoms in total. The highest BCUT2D eigenvalue weighted by atomic mass is 79.9.